The molecular weight excluding hydrogens is 380 g/mol. The molecule has 0 radical (unpaired) electrons. The van der Waals surface area contributed by atoms with E-state index in [4.69, 9.17) is 5.73 Å². The summed E-state index contributed by atoms with van der Waals surface area (Å²) < 4.78 is 2.84. The monoisotopic (exact) mass is 414 g/mol. The summed E-state index contributed by atoms with van der Waals surface area (Å²) in [4.78, 5) is 39.2. The molecule has 7 heteroatoms. The first-order valence-corrected chi connectivity index (χ1v) is 11.1. The van der Waals surface area contributed by atoms with Crippen LogP contribution in [0.4, 0.5) is 0 Å². The molecule has 1 aromatic carbocycles. The van der Waals surface area contributed by atoms with Gasteiger partial charge in [-0.15, -0.1) is 0 Å². The van der Waals surface area contributed by atoms with E-state index in [1.165, 1.54) is 9.13 Å². The SMILES string of the molecule is CCNC(=O)c1ccc2c(c1)n(CCN)c(=O)n2C(=O)C1CC(C)CC[C@H]1C(C)C. The molecule has 1 aliphatic rings. The molecular formula is C23H34N4O3. The van der Waals surface area contributed by atoms with Gasteiger partial charge < -0.3 is 11.1 Å². The van der Waals surface area contributed by atoms with Crippen LogP contribution in [0.3, 0.4) is 0 Å². The van der Waals surface area contributed by atoms with Crippen molar-refractivity contribution in [1.29, 1.82) is 0 Å². The standard InChI is InChI=1S/C23H34N4O3/c1-5-25-21(28)16-7-9-19-20(13-16)26(11-10-24)23(30)27(19)22(29)18-12-15(4)6-8-17(18)14(2)3/h7,9,13-15,17-18H,5-6,8,10-12,24H2,1-4H3,(H,25,28)/t15?,17-,18?/m0/s1. The minimum Gasteiger partial charge on any atom is -0.352 e. The first kappa shape index (κ1) is 22.3. The summed E-state index contributed by atoms with van der Waals surface area (Å²) >= 11 is 0. The van der Waals surface area contributed by atoms with Gasteiger partial charge in [0.2, 0.25) is 5.91 Å². The lowest BCUT2D eigenvalue weighted by molar-refractivity contribution is 0.0633. The van der Waals surface area contributed by atoms with E-state index in [9.17, 15) is 14.4 Å². The topological polar surface area (TPSA) is 99.1 Å². The highest BCUT2D eigenvalue weighted by Crippen LogP contribution is 2.39. The number of carbonyl (C=O) groups excluding carboxylic acids is 2. The van der Waals surface area contributed by atoms with Gasteiger partial charge in [0.1, 0.15) is 0 Å². The second-order valence-corrected chi connectivity index (χ2v) is 8.89. The van der Waals surface area contributed by atoms with Gasteiger partial charge in [-0.3, -0.25) is 14.2 Å². The minimum absolute atomic E-state index is 0.128. The summed E-state index contributed by atoms with van der Waals surface area (Å²) in [6.45, 7) is 9.42. The summed E-state index contributed by atoms with van der Waals surface area (Å²) in [6.07, 6.45) is 2.92. The van der Waals surface area contributed by atoms with Crippen molar-refractivity contribution in [1.82, 2.24) is 14.5 Å². The minimum atomic E-state index is -0.366. The average molecular weight is 415 g/mol. The Morgan fingerprint density at radius 1 is 1.23 bits per heavy atom. The Morgan fingerprint density at radius 2 is 1.97 bits per heavy atom. The first-order valence-electron chi connectivity index (χ1n) is 11.1. The Labute approximate surface area is 177 Å². The fraction of sp³-hybridized carbons (Fsp3) is 0.609. The van der Waals surface area contributed by atoms with Gasteiger partial charge in [-0.1, -0.05) is 27.2 Å². The highest BCUT2D eigenvalue weighted by Gasteiger charge is 2.37. The molecule has 1 aliphatic carbocycles. The van der Waals surface area contributed by atoms with Crippen LogP contribution in [0.2, 0.25) is 0 Å². The Balaban J connectivity index is 2.13. The molecule has 2 aromatic rings. The Kier molecular flexibility index (Phi) is 6.81. The third-order valence-corrected chi connectivity index (χ3v) is 6.44. The third-order valence-electron chi connectivity index (χ3n) is 6.44. The van der Waals surface area contributed by atoms with Crippen molar-refractivity contribution < 1.29 is 9.59 Å². The average Bonchev–Trinajstić information content (AvgIpc) is 2.98. The van der Waals surface area contributed by atoms with Crippen molar-refractivity contribution in [2.24, 2.45) is 29.4 Å². The van der Waals surface area contributed by atoms with Gasteiger partial charge >= 0.3 is 5.69 Å². The fourth-order valence-electron chi connectivity index (χ4n) is 4.87. The number of amides is 1. The molecule has 1 aromatic heterocycles. The van der Waals surface area contributed by atoms with Crippen molar-refractivity contribution in [2.75, 3.05) is 13.1 Å². The maximum Gasteiger partial charge on any atom is 0.336 e. The first-order chi connectivity index (χ1) is 14.3. The van der Waals surface area contributed by atoms with Crippen LogP contribution in [-0.4, -0.2) is 34.0 Å². The fourth-order valence-corrected chi connectivity index (χ4v) is 4.87. The number of aromatic nitrogens is 2. The van der Waals surface area contributed by atoms with Gasteiger partial charge in [-0.2, -0.15) is 0 Å². The van der Waals surface area contributed by atoms with Crippen molar-refractivity contribution in [3.63, 3.8) is 0 Å². The summed E-state index contributed by atoms with van der Waals surface area (Å²) in [5.41, 5.74) is 6.96. The lowest BCUT2D eigenvalue weighted by Crippen LogP contribution is -2.40. The van der Waals surface area contributed by atoms with E-state index in [1.807, 2.05) is 6.92 Å². The maximum atomic E-state index is 13.7. The van der Waals surface area contributed by atoms with Gasteiger partial charge in [0.05, 0.1) is 11.0 Å². The van der Waals surface area contributed by atoms with Crippen LogP contribution < -0.4 is 16.7 Å². The zero-order valence-electron chi connectivity index (χ0n) is 18.5. The molecule has 2 unspecified atom stereocenters. The normalized spacial score (nSPS) is 21.9. The Bertz CT molecular complexity index is 988. The van der Waals surface area contributed by atoms with Crippen LogP contribution in [0.15, 0.2) is 23.0 Å². The van der Waals surface area contributed by atoms with E-state index in [1.54, 1.807) is 18.2 Å². The molecule has 0 saturated heterocycles. The summed E-state index contributed by atoms with van der Waals surface area (Å²) in [5, 5.41) is 2.77. The van der Waals surface area contributed by atoms with E-state index >= 15 is 0 Å². The molecule has 1 heterocycles. The van der Waals surface area contributed by atoms with E-state index in [0.29, 0.717) is 41.5 Å². The molecule has 164 valence electrons. The van der Waals surface area contributed by atoms with Gasteiger partial charge in [-0.25, -0.2) is 9.36 Å². The van der Waals surface area contributed by atoms with Crippen LogP contribution in [0, 0.1) is 23.7 Å². The lowest BCUT2D eigenvalue weighted by atomic mass is 9.69. The molecule has 1 amide bonds. The highest BCUT2D eigenvalue weighted by molar-refractivity contribution is 5.99. The Morgan fingerprint density at radius 3 is 2.60 bits per heavy atom. The number of benzene rings is 1. The number of nitrogens with two attached hydrogens (primary N) is 1. The number of nitrogens with zero attached hydrogens (tertiary/aromatic N) is 2. The molecule has 3 N–H and O–H groups in total. The number of carbonyl (C=O) groups is 2. The molecule has 1 saturated carbocycles. The van der Waals surface area contributed by atoms with Crippen molar-refractivity contribution in [2.45, 2.75) is 53.5 Å². The highest BCUT2D eigenvalue weighted by atomic mass is 16.2. The summed E-state index contributed by atoms with van der Waals surface area (Å²) in [5.74, 6) is 0.604. The summed E-state index contributed by atoms with van der Waals surface area (Å²) in [7, 11) is 0. The quantitative estimate of drug-likeness (QED) is 0.759. The predicted molar refractivity (Wildman–Crippen MR) is 119 cm³/mol. The largest absolute Gasteiger partial charge is 0.352 e. The molecule has 1 fully saturated rings. The van der Waals surface area contributed by atoms with Crippen LogP contribution in [-0.2, 0) is 6.54 Å². The van der Waals surface area contributed by atoms with Crippen LogP contribution >= 0.6 is 0 Å². The molecule has 30 heavy (non-hydrogen) atoms. The van der Waals surface area contributed by atoms with Crippen molar-refractivity contribution in [3.8, 4) is 0 Å². The van der Waals surface area contributed by atoms with Gasteiger partial charge in [0, 0.05) is 31.1 Å². The number of hydrogen-bond donors (Lipinski definition) is 2. The summed E-state index contributed by atoms with van der Waals surface area (Å²) in [6, 6.07) is 5.07. The predicted octanol–water partition coefficient (Wildman–Crippen LogP) is 2.86. The van der Waals surface area contributed by atoms with Gasteiger partial charge in [-0.05, 0) is 55.7 Å². The number of nitrogens with one attached hydrogen (secondary N) is 1. The third kappa shape index (κ3) is 4.08. The van der Waals surface area contributed by atoms with E-state index in [-0.39, 0.29) is 35.9 Å². The molecule has 0 spiro atoms. The second-order valence-electron chi connectivity index (χ2n) is 8.89. The number of fused-ring (bicyclic) bond motifs is 1. The van der Waals surface area contributed by atoms with E-state index < -0.39 is 0 Å². The number of imidazole rings is 1. The smallest absolute Gasteiger partial charge is 0.336 e. The molecule has 3 rings (SSSR count). The van der Waals surface area contributed by atoms with Gasteiger partial charge in [0.15, 0.2) is 0 Å². The number of hydrogen-bond acceptors (Lipinski definition) is 4. The molecule has 0 aliphatic heterocycles. The lowest BCUT2D eigenvalue weighted by Gasteiger charge is -2.36. The molecule has 0 bridgehead atoms. The van der Waals surface area contributed by atoms with Crippen molar-refractivity contribution >= 4 is 22.8 Å². The van der Waals surface area contributed by atoms with E-state index in [0.717, 1.165) is 19.3 Å². The molecule has 7 nitrogen and oxygen atoms in total. The van der Waals surface area contributed by atoms with Crippen LogP contribution in [0.25, 0.3) is 11.0 Å². The number of rotatable bonds is 6. The van der Waals surface area contributed by atoms with Crippen molar-refractivity contribution in [3.05, 3.63) is 34.2 Å². The Hall–Kier alpha value is -2.41. The van der Waals surface area contributed by atoms with Gasteiger partial charge in [0.25, 0.3) is 5.91 Å². The van der Waals surface area contributed by atoms with E-state index in [2.05, 4.69) is 26.1 Å². The molecule has 3 atom stereocenters. The zero-order chi connectivity index (χ0) is 22.0. The second kappa shape index (κ2) is 9.16. The maximum absolute atomic E-state index is 13.7. The van der Waals surface area contributed by atoms with Crippen LogP contribution in [0.1, 0.15) is 62.1 Å². The zero-order valence-corrected chi connectivity index (χ0v) is 18.5. The van der Waals surface area contributed by atoms with Crippen LogP contribution in [0.5, 0.6) is 0 Å².